The standard InChI is InChI=1S/C21H24N2O4/c1-21(2,3)27-20(25)23-11-6-12-26-19-14-16-8-5-4-7-15(16)13-17(19)18(24)9-10-22/h4-5,7-8,13-14H,6,9,11-12H2,1-3H3,(H,23,25). The van der Waals surface area contributed by atoms with E-state index in [0.717, 1.165) is 10.8 Å². The Hall–Kier alpha value is -3.07. The van der Waals surface area contributed by atoms with Gasteiger partial charge < -0.3 is 14.8 Å². The van der Waals surface area contributed by atoms with Crippen LogP contribution in [0.3, 0.4) is 0 Å². The molecule has 0 spiro atoms. The van der Waals surface area contributed by atoms with Crippen LogP contribution in [0.4, 0.5) is 4.79 Å². The van der Waals surface area contributed by atoms with E-state index < -0.39 is 11.7 Å². The summed E-state index contributed by atoms with van der Waals surface area (Å²) in [4.78, 5) is 23.8. The molecule has 1 amide bonds. The molecule has 0 radical (unpaired) electrons. The minimum absolute atomic E-state index is 0.200. The summed E-state index contributed by atoms with van der Waals surface area (Å²) in [6.07, 6.45) is -0.120. The van der Waals surface area contributed by atoms with E-state index in [4.69, 9.17) is 14.7 Å². The summed E-state index contributed by atoms with van der Waals surface area (Å²) in [6.45, 7) is 6.12. The number of hydrogen-bond donors (Lipinski definition) is 1. The Morgan fingerprint density at radius 3 is 2.44 bits per heavy atom. The number of rotatable bonds is 7. The fourth-order valence-corrected chi connectivity index (χ4v) is 2.48. The van der Waals surface area contributed by atoms with Crippen LogP contribution < -0.4 is 10.1 Å². The lowest BCUT2D eigenvalue weighted by molar-refractivity contribution is 0.0525. The summed E-state index contributed by atoms with van der Waals surface area (Å²) in [5.41, 5.74) is -0.142. The molecule has 0 saturated heterocycles. The molecule has 6 heteroatoms. The number of ether oxygens (including phenoxy) is 2. The number of nitriles is 1. The topological polar surface area (TPSA) is 88.4 Å². The van der Waals surface area contributed by atoms with Crippen LogP contribution in [-0.4, -0.2) is 30.6 Å². The number of fused-ring (bicyclic) bond motifs is 1. The van der Waals surface area contributed by atoms with Crippen molar-refractivity contribution in [1.82, 2.24) is 5.32 Å². The summed E-state index contributed by atoms with van der Waals surface area (Å²) in [7, 11) is 0. The fourth-order valence-electron chi connectivity index (χ4n) is 2.48. The number of nitrogens with zero attached hydrogens (tertiary/aromatic N) is 1. The van der Waals surface area contributed by atoms with Crippen molar-refractivity contribution in [3.05, 3.63) is 42.0 Å². The number of hydrogen-bond acceptors (Lipinski definition) is 5. The van der Waals surface area contributed by atoms with Gasteiger partial charge in [-0.25, -0.2) is 4.79 Å². The number of carbonyl (C=O) groups is 2. The Bertz CT molecular complexity index is 863. The first kappa shape index (κ1) is 20.2. The second-order valence-electron chi connectivity index (χ2n) is 7.08. The molecule has 0 unspecified atom stereocenters. The predicted octanol–water partition coefficient (Wildman–Crippen LogP) is 4.23. The van der Waals surface area contributed by atoms with Crippen LogP contribution in [0.5, 0.6) is 5.75 Å². The number of carbonyl (C=O) groups excluding carboxylic acids is 2. The van der Waals surface area contributed by atoms with E-state index in [1.165, 1.54) is 0 Å². The van der Waals surface area contributed by atoms with Crippen molar-refractivity contribution in [3.8, 4) is 11.8 Å². The highest BCUT2D eigenvalue weighted by molar-refractivity contribution is 6.03. The minimum atomic E-state index is -0.540. The highest BCUT2D eigenvalue weighted by Crippen LogP contribution is 2.27. The Kier molecular flexibility index (Phi) is 6.78. The summed E-state index contributed by atoms with van der Waals surface area (Å²) in [5, 5.41) is 13.3. The Balaban J connectivity index is 1.98. The molecule has 1 N–H and O–H groups in total. The molecule has 2 aromatic rings. The number of ketones is 1. The monoisotopic (exact) mass is 368 g/mol. The van der Waals surface area contributed by atoms with Crippen molar-refractivity contribution in [3.63, 3.8) is 0 Å². The van der Waals surface area contributed by atoms with Gasteiger partial charge in [0.1, 0.15) is 11.4 Å². The average Bonchev–Trinajstić information content (AvgIpc) is 2.59. The van der Waals surface area contributed by atoms with Crippen LogP contribution in [-0.2, 0) is 4.74 Å². The van der Waals surface area contributed by atoms with E-state index in [9.17, 15) is 9.59 Å². The summed E-state index contributed by atoms with van der Waals surface area (Å²) >= 11 is 0. The first-order valence-electron chi connectivity index (χ1n) is 8.83. The third kappa shape index (κ3) is 6.30. The summed E-state index contributed by atoms with van der Waals surface area (Å²) in [5.74, 6) is 0.177. The minimum Gasteiger partial charge on any atom is -0.493 e. The number of alkyl carbamates (subject to hydrolysis) is 1. The van der Waals surface area contributed by atoms with Gasteiger partial charge in [0.05, 0.1) is 24.7 Å². The molecule has 0 fully saturated rings. The van der Waals surface area contributed by atoms with Gasteiger partial charge in [0.25, 0.3) is 0 Å². The van der Waals surface area contributed by atoms with Gasteiger partial charge in [-0.05, 0) is 50.1 Å². The Morgan fingerprint density at radius 2 is 1.81 bits per heavy atom. The third-order valence-corrected chi connectivity index (χ3v) is 3.63. The first-order valence-corrected chi connectivity index (χ1v) is 8.83. The van der Waals surface area contributed by atoms with E-state index in [2.05, 4.69) is 5.32 Å². The lowest BCUT2D eigenvalue weighted by Crippen LogP contribution is -2.33. The largest absolute Gasteiger partial charge is 0.493 e. The molecule has 27 heavy (non-hydrogen) atoms. The SMILES string of the molecule is CC(C)(C)OC(=O)NCCCOc1cc2ccccc2cc1C(=O)CC#N. The summed E-state index contributed by atoms with van der Waals surface area (Å²) in [6, 6.07) is 13.1. The van der Waals surface area contributed by atoms with Gasteiger partial charge in [0.15, 0.2) is 5.78 Å². The highest BCUT2D eigenvalue weighted by Gasteiger charge is 2.16. The van der Waals surface area contributed by atoms with Gasteiger partial charge in [0.2, 0.25) is 0 Å². The van der Waals surface area contributed by atoms with Crippen molar-refractivity contribution in [2.45, 2.75) is 39.2 Å². The maximum atomic E-state index is 12.2. The summed E-state index contributed by atoms with van der Waals surface area (Å²) < 4.78 is 10.9. The van der Waals surface area contributed by atoms with Crippen LogP contribution in [0.2, 0.25) is 0 Å². The van der Waals surface area contributed by atoms with Gasteiger partial charge in [-0.15, -0.1) is 0 Å². The number of benzene rings is 2. The zero-order valence-corrected chi connectivity index (χ0v) is 15.9. The predicted molar refractivity (Wildman–Crippen MR) is 103 cm³/mol. The molecular formula is C21H24N2O4. The molecular weight excluding hydrogens is 344 g/mol. The molecule has 0 heterocycles. The van der Waals surface area contributed by atoms with E-state index >= 15 is 0 Å². The van der Waals surface area contributed by atoms with E-state index in [-0.39, 0.29) is 12.2 Å². The normalized spacial score (nSPS) is 10.9. The third-order valence-electron chi connectivity index (χ3n) is 3.63. The molecule has 6 nitrogen and oxygen atoms in total. The van der Waals surface area contributed by atoms with E-state index in [0.29, 0.717) is 30.9 Å². The molecule has 0 atom stereocenters. The molecule has 0 aliphatic carbocycles. The van der Waals surface area contributed by atoms with Gasteiger partial charge in [-0.3, -0.25) is 4.79 Å². The van der Waals surface area contributed by atoms with Crippen LogP contribution in [0, 0.1) is 11.3 Å². The Morgan fingerprint density at radius 1 is 1.15 bits per heavy atom. The van der Waals surface area contributed by atoms with E-state index in [1.54, 1.807) is 32.9 Å². The van der Waals surface area contributed by atoms with Gasteiger partial charge in [-0.2, -0.15) is 5.26 Å². The van der Waals surface area contributed by atoms with Gasteiger partial charge in [0, 0.05) is 6.54 Å². The number of Topliss-reactive ketones (excluding diaryl/α,β-unsaturated/α-hetero) is 1. The molecule has 142 valence electrons. The number of amides is 1. The smallest absolute Gasteiger partial charge is 0.407 e. The van der Waals surface area contributed by atoms with Crippen LogP contribution in [0.15, 0.2) is 36.4 Å². The van der Waals surface area contributed by atoms with E-state index in [1.807, 2.05) is 30.3 Å². The quantitative estimate of drug-likeness (QED) is 0.583. The first-order chi connectivity index (χ1) is 12.8. The fraction of sp³-hybridized carbons (Fsp3) is 0.381. The molecule has 2 aromatic carbocycles. The maximum absolute atomic E-state index is 12.2. The van der Waals surface area contributed by atoms with Crippen LogP contribution in [0.25, 0.3) is 10.8 Å². The zero-order chi connectivity index (χ0) is 19.9. The van der Waals surface area contributed by atoms with Crippen molar-refractivity contribution < 1.29 is 19.1 Å². The van der Waals surface area contributed by atoms with Crippen molar-refractivity contribution in [2.75, 3.05) is 13.2 Å². The second kappa shape index (κ2) is 9.04. The molecule has 0 aliphatic rings. The lowest BCUT2D eigenvalue weighted by Gasteiger charge is -2.19. The zero-order valence-electron chi connectivity index (χ0n) is 15.9. The second-order valence-corrected chi connectivity index (χ2v) is 7.08. The molecule has 2 rings (SSSR count). The van der Waals surface area contributed by atoms with Crippen molar-refractivity contribution >= 4 is 22.6 Å². The lowest BCUT2D eigenvalue weighted by atomic mass is 10.0. The molecule has 0 aliphatic heterocycles. The Labute approximate surface area is 159 Å². The van der Waals surface area contributed by atoms with Crippen molar-refractivity contribution in [2.24, 2.45) is 0 Å². The maximum Gasteiger partial charge on any atom is 0.407 e. The molecule has 0 saturated carbocycles. The van der Waals surface area contributed by atoms with Gasteiger partial charge in [-0.1, -0.05) is 24.3 Å². The molecule has 0 aromatic heterocycles. The van der Waals surface area contributed by atoms with Gasteiger partial charge >= 0.3 is 6.09 Å². The van der Waals surface area contributed by atoms with Crippen LogP contribution >= 0.6 is 0 Å². The number of nitrogens with one attached hydrogen (secondary N) is 1. The average molecular weight is 368 g/mol. The molecule has 0 bridgehead atoms. The van der Waals surface area contributed by atoms with Crippen LogP contribution in [0.1, 0.15) is 44.0 Å². The highest BCUT2D eigenvalue weighted by atomic mass is 16.6. The van der Waals surface area contributed by atoms with Crippen molar-refractivity contribution in [1.29, 1.82) is 5.26 Å².